The molecule has 136 valence electrons. The molecule has 4 heterocycles. The van der Waals surface area contributed by atoms with Crippen molar-refractivity contribution in [1.82, 2.24) is 20.2 Å². The lowest BCUT2D eigenvalue weighted by molar-refractivity contribution is -0.136. The molecule has 3 aliphatic rings. The number of fused-ring (bicyclic) bond motifs is 1. The Labute approximate surface area is 148 Å². The third-order valence-electron chi connectivity index (χ3n) is 5.96. The number of amides is 1. The average molecular weight is 345 g/mol. The van der Waals surface area contributed by atoms with E-state index in [1.807, 2.05) is 6.07 Å². The van der Waals surface area contributed by atoms with Crippen LogP contribution in [0.25, 0.3) is 0 Å². The summed E-state index contributed by atoms with van der Waals surface area (Å²) in [5.41, 5.74) is -0.471. The summed E-state index contributed by atoms with van der Waals surface area (Å²) in [6.45, 7) is 4.22. The van der Waals surface area contributed by atoms with Gasteiger partial charge in [-0.15, -0.1) is 0 Å². The smallest absolute Gasteiger partial charge is 0.230 e. The molecule has 0 aromatic carbocycles. The molecule has 7 heteroatoms. The highest BCUT2D eigenvalue weighted by Gasteiger charge is 2.54. The zero-order valence-corrected chi connectivity index (χ0v) is 14.9. The molecule has 2 atom stereocenters. The van der Waals surface area contributed by atoms with Gasteiger partial charge >= 0.3 is 0 Å². The van der Waals surface area contributed by atoms with Crippen LogP contribution in [-0.4, -0.2) is 72.8 Å². The van der Waals surface area contributed by atoms with Crippen LogP contribution in [0, 0.1) is 5.41 Å². The van der Waals surface area contributed by atoms with E-state index in [-0.39, 0.29) is 18.1 Å². The van der Waals surface area contributed by atoms with Gasteiger partial charge < -0.3 is 19.9 Å². The lowest BCUT2D eigenvalue weighted by Gasteiger charge is -2.43. The van der Waals surface area contributed by atoms with E-state index >= 15 is 0 Å². The van der Waals surface area contributed by atoms with Crippen LogP contribution in [0.15, 0.2) is 18.5 Å². The Balaban J connectivity index is 1.49. The summed E-state index contributed by atoms with van der Waals surface area (Å²) in [5, 5.41) is 3.33. The van der Waals surface area contributed by atoms with E-state index in [9.17, 15) is 4.79 Å². The summed E-state index contributed by atoms with van der Waals surface area (Å²) >= 11 is 0. The molecule has 1 aromatic rings. The summed E-state index contributed by atoms with van der Waals surface area (Å²) in [5.74, 6) is 0.865. The van der Waals surface area contributed by atoms with E-state index in [0.29, 0.717) is 19.1 Å². The maximum Gasteiger partial charge on any atom is 0.230 e. The Hall–Kier alpha value is -1.73. The number of carbonyl (C=O) groups is 1. The van der Waals surface area contributed by atoms with Crippen LogP contribution in [0.3, 0.4) is 0 Å². The van der Waals surface area contributed by atoms with Crippen molar-refractivity contribution in [2.75, 3.05) is 44.7 Å². The Bertz CT molecular complexity index is 605. The van der Waals surface area contributed by atoms with Crippen LogP contribution in [0.4, 0.5) is 5.95 Å². The van der Waals surface area contributed by atoms with Crippen molar-refractivity contribution in [1.29, 1.82) is 0 Å². The highest BCUT2D eigenvalue weighted by Crippen LogP contribution is 2.42. The van der Waals surface area contributed by atoms with Gasteiger partial charge in [-0.3, -0.25) is 4.79 Å². The topological polar surface area (TPSA) is 70.6 Å². The predicted molar refractivity (Wildman–Crippen MR) is 94.3 cm³/mol. The summed E-state index contributed by atoms with van der Waals surface area (Å²) in [6, 6.07) is 2.10. The van der Waals surface area contributed by atoms with Gasteiger partial charge in [0, 0.05) is 38.1 Å². The second-order valence-electron chi connectivity index (χ2n) is 7.58. The number of hydrogen-bond acceptors (Lipinski definition) is 6. The zero-order valence-electron chi connectivity index (χ0n) is 14.9. The molecule has 0 unspecified atom stereocenters. The van der Waals surface area contributed by atoms with Gasteiger partial charge in [0.1, 0.15) is 0 Å². The van der Waals surface area contributed by atoms with Crippen molar-refractivity contribution in [2.24, 2.45) is 5.41 Å². The Morgan fingerprint density at radius 3 is 2.76 bits per heavy atom. The van der Waals surface area contributed by atoms with Crippen LogP contribution >= 0.6 is 0 Å². The molecule has 1 N–H and O–H groups in total. The maximum atomic E-state index is 13.3. The Kier molecular flexibility index (Phi) is 4.60. The molecule has 3 aliphatic heterocycles. The van der Waals surface area contributed by atoms with E-state index in [4.69, 9.17) is 4.74 Å². The van der Waals surface area contributed by atoms with E-state index in [1.54, 1.807) is 12.4 Å². The first-order valence-corrected chi connectivity index (χ1v) is 9.30. The normalized spacial score (nSPS) is 30.9. The first-order valence-electron chi connectivity index (χ1n) is 9.30. The fourth-order valence-corrected chi connectivity index (χ4v) is 4.38. The molecule has 4 rings (SSSR count). The van der Waals surface area contributed by atoms with Gasteiger partial charge in [-0.25, -0.2) is 9.97 Å². The number of carbonyl (C=O) groups excluding carboxylic acids is 1. The first-order chi connectivity index (χ1) is 12.2. The standard InChI is InChI=1S/C18H27N5O2/c1-22-9-3-14(4-10-22)21-16(24)18-6-12-25-15(18)5-11-23(13-18)17-19-7-2-8-20-17/h2,7-8,14-15H,3-6,9-13H2,1H3,(H,21,24)/t15-,18-/m1/s1. The number of nitrogens with one attached hydrogen (secondary N) is 1. The minimum absolute atomic E-state index is 0.0127. The number of hydrogen-bond donors (Lipinski definition) is 1. The highest BCUT2D eigenvalue weighted by molar-refractivity contribution is 5.85. The summed E-state index contributed by atoms with van der Waals surface area (Å²) in [6.07, 6.45) is 7.19. The van der Waals surface area contributed by atoms with E-state index in [2.05, 4.69) is 32.1 Å². The molecular weight excluding hydrogens is 318 g/mol. The number of aromatic nitrogens is 2. The van der Waals surface area contributed by atoms with Crippen molar-refractivity contribution in [3.8, 4) is 0 Å². The minimum atomic E-state index is -0.471. The molecule has 7 nitrogen and oxygen atoms in total. The van der Waals surface area contributed by atoms with E-state index in [1.165, 1.54) is 0 Å². The molecule has 3 saturated heterocycles. The predicted octanol–water partition coefficient (Wildman–Crippen LogP) is 0.672. The van der Waals surface area contributed by atoms with Crippen LogP contribution in [0.1, 0.15) is 25.7 Å². The molecule has 0 spiro atoms. The van der Waals surface area contributed by atoms with Gasteiger partial charge in [0.25, 0.3) is 0 Å². The van der Waals surface area contributed by atoms with Crippen molar-refractivity contribution >= 4 is 11.9 Å². The second kappa shape index (κ2) is 6.88. The Morgan fingerprint density at radius 2 is 2.00 bits per heavy atom. The highest BCUT2D eigenvalue weighted by atomic mass is 16.5. The number of rotatable bonds is 3. The van der Waals surface area contributed by atoms with Crippen LogP contribution in [-0.2, 0) is 9.53 Å². The lowest BCUT2D eigenvalue weighted by atomic mass is 9.75. The van der Waals surface area contributed by atoms with Crippen molar-refractivity contribution in [3.05, 3.63) is 18.5 Å². The summed E-state index contributed by atoms with van der Waals surface area (Å²) < 4.78 is 5.94. The lowest BCUT2D eigenvalue weighted by Crippen LogP contribution is -2.59. The molecule has 0 aliphatic carbocycles. The number of ether oxygens (including phenoxy) is 1. The molecule has 0 radical (unpaired) electrons. The molecule has 25 heavy (non-hydrogen) atoms. The fraction of sp³-hybridized carbons (Fsp3) is 0.722. The third-order valence-corrected chi connectivity index (χ3v) is 5.96. The van der Waals surface area contributed by atoms with Crippen molar-refractivity contribution in [2.45, 2.75) is 37.8 Å². The summed E-state index contributed by atoms with van der Waals surface area (Å²) in [4.78, 5) is 26.4. The van der Waals surface area contributed by atoms with E-state index in [0.717, 1.165) is 45.3 Å². The van der Waals surface area contributed by atoms with Crippen LogP contribution in [0.5, 0.6) is 0 Å². The van der Waals surface area contributed by atoms with Gasteiger partial charge in [-0.2, -0.15) is 0 Å². The maximum absolute atomic E-state index is 13.3. The first kappa shape index (κ1) is 16.7. The average Bonchev–Trinajstić information content (AvgIpc) is 3.09. The fourth-order valence-electron chi connectivity index (χ4n) is 4.38. The van der Waals surface area contributed by atoms with Gasteiger partial charge in [0.2, 0.25) is 11.9 Å². The quantitative estimate of drug-likeness (QED) is 0.868. The van der Waals surface area contributed by atoms with Gasteiger partial charge in [-0.1, -0.05) is 0 Å². The molecule has 3 fully saturated rings. The molecule has 1 amide bonds. The largest absolute Gasteiger partial charge is 0.377 e. The zero-order chi connectivity index (χ0) is 17.3. The number of anilines is 1. The summed E-state index contributed by atoms with van der Waals surface area (Å²) in [7, 11) is 2.14. The van der Waals surface area contributed by atoms with Gasteiger partial charge in [0.15, 0.2) is 0 Å². The van der Waals surface area contributed by atoms with Gasteiger partial charge in [-0.05, 0) is 51.9 Å². The van der Waals surface area contributed by atoms with Gasteiger partial charge in [0.05, 0.1) is 11.5 Å². The van der Waals surface area contributed by atoms with E-state index < -0.39 is 5.41 Å². The third kappa shape index (κ3) is 3.22. The van der Waals surface area contributed by atoms with Crippen LogP contribution < -0.4 is 10.2 Å². The van der Waals surface area contributed by atoms with Crippen LogP contribution in [0.2, 0.25) is 0 Å². The van der Waals surface area contributed by atoms with Crippen molar-refractivity contribution < 1.29 is 9.53 Å². The molecule has 1 aromatic heterocycles. The monoisotopic (exact) mass is 345 g/mol. The second-order valence-corrected chi connectivity index (χ2v) is 7.58. The number of nitrogens with zero attached hydrogens (tertiary/aromatic N) is 4. The minimum Gasteiger partial charge on any atom is -0.377 e. The van der Waals surface area contributed by atoms with Crippen molar-refractivity contribution in [3.63, 3.8) is 0 Å². The molecule has 0 saturated carbocycles. The molecule has 0 bridgehead atoms. The number of piperidine rings is 2. The number of likely N-dealkylation sites (tertiary alicyclic amines) is 1. The Morgan fingerprint density at radius 1 is 1.24 bits per heavy atom. The SMILES string of the molecule is CN1CCC(NC(=O)[C@@]23CCO[C@@H]2CCN(c2ncccn2)C3)CC1. The molecular formula is C18H27N5O2.